The molecule has 19 heavy (non-hydrogen) atoms. The molecule has 0 radical (unpaired) electrons. The number of likely N-dealkylation sites (tertiary alicyclic amines) is 1. The summed E-state index contributed by atoms with van der Waals surface area (Å²) in [6.07, 6.45) is 3.43. The fraction of sp³-hybridized carbons (Fsp3) is 0.500. The fourth-order valence-electron chi connectivity index (χ4n) is 2.31. The summed E-state index contributed by atoms with van der Waals surface area (Å²) in [6.45, 7) is 3.30. The molecule has 1 fully saturated rings. The third-order valence-corrected chi connectivity index (χ3v) is 4.79. The van der Waals surface area contributed by atoms with Gasteiger partial charge < -0.3 is 10.0 Å². The third kappa shape index (κ3) is 4.14. The number of hydrogen-bond donors (Lipinski definition) is 1. The van der Waals surface area contributed by atoms with Crippen molar-refractivity contribution in [1.29, 1.82) is 0 Å². The summed E-state index contributed by atoms with van der Waals surface area (Å²) in [7, 11) is -1.10. The van der Waals surface area contributed by atoms with Gasteiger partial charge in [-0.3, -0.25) is 4.21 Å². The third-order valence-electron chi connectivity index (χ3n) is 3.35. The molecule has 1 unspecified atom stereocenters. The molecule has 1 aliphatic heterocycles. The number of carboxylic acid groups (broad SMARTS) is 1. The normalized spacial score (nSPS) is 17.5. The summed E-state index contributed by atoms with van der Waals surface area (Å²) >= 11 is 0. The minimum Gasteiger partial charge on any atom is -0.478 e. The topological polar surface area (TPSA) is 57.6 Å². The first kappa shape index (κ1) is 14.2. The van der Waals surface area contributed by atoms with Gasteiger partial charge in [0.15, 0.2) is 0 Å². The Labute approximate surface area is 115 Å². The lowest BCUT2D eigenvalue weighted by molar-refractivity contribution is 0.0696. The van der Waals surface area contributed by atoms with Gasteiger partial charge in [-0.05, 0) is 57.1 Å². The molecule has 0 amide bonds. The van der Waals surface area contributed by atoms with Crippen molar-refractivity contribution in [3.63, 3.8) is 0 Å². The van der Waals surface area contributed by atoms with Gasteiger partial charge in [0.05, 0.1) is 16.4 Å². The lowest BCUT2D eigenvalue weighted by atomic mass is 10.2. The second-order valence-corrected chi connectivity index (χ2v) is 6.36. The first-order valence-electron chi connectivity index (χ1n) is 6.61. The van der Waals surface area contributed by atoms with E-state index in [9.17, 15) is 9.00 Å². The van der Waals surface area contributed by atoms with Gasteiger partial charge in [0, 0.05) is 10.6 Å². The fourth-order valence-corrected chi connectivity index (χ4v) is 3.43. The van der Waals surface area contributed by atoms with Crippen LogP contribution < -0.4 is 0 Å². The molecule has 0 spiro atoms. The quantitative estimate of drug-likeness (QED) is 0.866. The molecule has 1 aliphatic rings. The molecule has 5 heteroatoms. The van der Waals surface area contributed by atoms with E-state index in [-0.39, 0.29) is 5.56 Å². The van der Waals surface area contributed by atoms with Gasteiger partial charge in [-0.2, -0.15) is 0 Å². The molecule has 1 heterocycles. The van der Waals surface area contributed by atoms with Crippen LogP contribution in [0.4, 0.5) is 0 Å². The molecular formula is C14H19NO3S. The van der Waals surface area contributed by atoms with Crippen LogP contribution in [0.5, 0.6) is 0 Å². The second kappa shape index (κ2) is 6.82. The highest BCUT2D eigenvalue weighted by molar-refractivity contribution is 7.85. The summed E-state index contributed by atoms with van der Waals surface area (Å²) in [5.74, 6) is -0.379. The predicted molar refractivity (Wildman–Crippen MR) is 75.0 cm³/mol. The largest absolute Gasteiger partial charge is 0.478 e. The Morgan fingerprint density at radius 1 is 1.32 bits per heavy atom. The van der Waals surface area contributed by atoms with Crippen molar-refractivity contribution >= 4 is 16.8 Å². The maximum atomic E-state index is 12.1. The zero-order valence-electron chi connectivity index (χ0n) is 10.9. The van der Waals surface area contributed by atoms with Crippen molar-refractivity contribution < 1.29 is 14.1 Å². The van der Waals surface area contributed by atoms with E-state index in [1.807, 2.05) is 0 Å². The van der Waals surface area contributed by atoms with E-state index in [1.165, 1.54) is 25.0 Å². The number of nitrogens with zero attached hydrogens (tertiary/aromatic N) is 1. The van der Waals surface area contributed by atoms with Gasteiger partial charge in [-0.25, -0.2) is 4.79 Å². The van der Waals surface area contributed by atoms with Gasteiger partial charge in [-0.15, -0.1) is 0 Å². The van der Waals surface area contributed by atoms with E-state index in [4.69, 9.17) is 5.11 Å². The van der Waals surface area contributed by atoms with E-state index in [2.05, 4.69) is 4.90 Å². The van der Waals surface area contributed by atoms with Crippen LogP contribution in [-0.4, -0.2) is 45.6 Å². The molecule has 0 aromatic heterocycles. The monoisotopic (exact) mass is 281 g/mol. The Kier molecular flexibility index (Phi) is 5.10. The molecule has 0 bridgehead atoms. The molecule has 0 aliphatic carbocycles. The number of hydrogen-bond acceptors (Lipinski definition) is 3. The highest BCUT2D eigenvalue weighted by Gasteiger charge is 2.12. The van der Waals surface area contributed by atoms with Crippen LogP contribution in [0.1, 0.15) is 29.6 Å². The molecule has 1 aromatic rings. The second-order valence-electron chi connectivity index (χ2n) is 4.78. The van der Waals surface area contributed by atoms with Crippen LogP contribution in [0.15, 0.2) is 29.2 Å². The SMILES string of the molecule is O=C(O)c1cccc(S(=O)CCCN2CCCC2)c1. The molecule has 0 saturated carbocycles. The molecule has 4 nitrogen and oxygen atoms in total. The highest BCUT2D eigenvalue weighted by Crippen LogP contribution is 2.12. The number of rotatable bonds is 6. The van der Waals surface area contributed by atoms with Gasteiger partial charge in [0.2, 0.25) is 0 Å². The number of benzene rings is 1. The Hall–Kier alpha value is -1.20. The number of carbonyl (C=O) groups is 1. The zero-order chi connectivity index (χ0) is 13.7. The van der Waals surface area contributed by atoms with E-state index in [1.54, 1.807) is 12.1 Å². The average Bonchev–Trinajstić information content (AvgIpc) is 2.92. The molecule has 1 aromatic carbocycles. The number of carboxylic acids is 1. The lowest BCUT2D eigenvalue weighted by Crippen LogP contribution is -2.21. The van der Waals surface area contributed by atoms with Crippen molar-refractivity contribution in [1.82, 2.24) is 4.90 Å². The Morgan fingerprint density at radius 3 is 2.74 bits per heavy atom. The maximum absolute atomic E-state index is 12.1. The summed E-state index contributed by atoms with van der Waals surface area (Å²) in [4.78, 5) is 13.9. The summed E-state index contributed by atoms with van der Waals surface area (Å²) in [5.41, 5.74) is 0.199. The van der Waals surface area contributed by atoms with Gasteiger partial charge in [-0.1, -0.05) is 6.07 Å². The van der Waals surface area contributed by atoms with E-state index in [0.717, 1.165) is 26.1 Å². The zero-order valence-corrected chi connectivity index (χ0v) is 11.7. The maximum Gasteiger partial charge on any atom is 0.335 e. The van der Waals surface area contributed by atoms with Crippen LogP contribution in [-0.2, 0) is 10.8 Å². The first-order valence-corrected chi connectivity index (χ1v) is 7.93. The molecular weight excluding hydrogens is 262 g/mol. The minimum absolute atomic E-state index is 0.199. The van der Waals surface area contributed by atoms with Gasteiger partial charge in [0.1, 0.15) is 0 Å². The van der Waals surface area contributed by atoms with Crippen molar-refractivity contribution in [2.45, 2.75) is 24.2 Å². The Balaban J connectivity index is 1.85. The Bertz CT molecular complexity index is 470. The average molecular weight is 281 g/mol. The molecule has 1 N–H and O–H groups in total. The van der Waals surface area contributed by atoms with Crippen LogP contribution in [0.2, 0.25) is 0 Å². The van der Waals surface area contributed by atoms with Gasteiger partial charge in [0.25, 0.3) is 0 Å². The number of aromatic carboxylic acids is 1. The van der Waals surface area contributed by atoms with E-state index < -0.39 is 16.8 Å². The molecule has 1 atom stereocenters. The highest BCUT2D eigenvalue weighted by atomic mass is 32.2. The van der Waals surface area contributed by atoms with E-state index in [0.29, 0.717) is 10.6 Å². The van der Waals surface area contributed by atoms with Crippen LogP contribution in [0.3, 0.4) is 0 Å². The minimum atomic E-state index is -1.10. The standard InChI is InChI=1S/C14H19NO3S/c16-14(17)12-5-3-6-13(11-12)19(18)10-4-9-15-7-1-2-8-15/h3,5-6,11H,1-2,4,7-10H2,(H,16,17). The van der Waals surface area contributed by atoms with Crippen molar-refractivity contribution in [3.05, 3.63) is 29.8 Å². The summed E-state index contributed by atoms with van der Waals surface area (Å²) < 4.78 is 12.1. The Morgan fingerprint density at radius 2 is 2.05 bits per heavy atom. The lowest BCUT2D eigenvalue weighted by Gasteiger charge is -2.13. The molecule has 104 valence electrons. The smallest absolute Gasteiger partial charge is 0.335 e. The first-order chi connectivity index (χ1) is 9.16. The summed E-state index contributed by atoms with van der Waals surface area (Å²) in [6, 6.07) is 6.41. The predicted octanol–water partition coefficient (Wildman–Crippen LogP) is 1.98. The van der Waals surface area contributed by atoms with E-state index >= 15 is 0 Å². The summed E-state index contributed by atoms with van der Waals surface area (Å²) in [5, 5.41) is 8.91. The van der Waals surface area contributed by atoms with Crippen molar-refractivity contribution in [3.8, 4) is 0 Å². The van der Waals surface area contributed by atoms with Crippen LogP contribution >= 0.6 is 0 Å². The van der Waals surface area contributed by atoms with Crippen molar-refractivity contribution in [2.24, 2.45) is 0 Å². The van der Waals surface area contributed by atoms with Crippen LogP contribution in [0, 0.1) is 0 Å². The van der Waals surface area contributed by atoms with Crippen molar-refractivity contribution in [2.75, 3.05) is 25.4 Å². The molecule has 2 rings (SSSR count). The van der Waals surface area contributed by atoms with Gasteiger partial charge >= 0.3 is 5.97 Å². The molecule has 1 saturated heterocycles. The van der Waals surface area contributed by atoms with Crippen LogP contribution in [0.25, 0.3) is 0 Å².